The first-order valence-electron chi connectivity index (χ1n) is 7.30. The minimum Gasteiger partial charge on any atom is -0.481 e. The molecule has 6 nitrogen and oxygen atoms in total. The zero-order valence-electron chi connectivity index (χ0n) is 13.1. The highest BCUT2D eigenvalue weighted by Gasteiger charge is 2.50. The number of hydrogen-bond donors (Lipinski definition) is 2. The maximum atomic E-state index is 12.3. The van der Waals surface area contributed by atoms with Gasteiger partial charge in [0, 0.05) is 6.54 Å². The molecule has 116 valence electrons. The third-order valence-corrected chi connectivity index (χ3v) is 3.98. The molecule has 1 saturated carbocycles. The Morgan fingerprint density at radius 1 is 1.43 bits per heavy atom. The Morgan fingerprint density at radius 3 is 2.48 bits per heavy atom. The molecule has 0 aromatic carbocycles. The molecule has 1 fully saturated rings. The fourth-order valence-electron chi connectivity index (χ4n) is 2.44. The largest absolute Gasteiger partial charge is 0.481 e. The lowest BCUT2D eigenvalue weighted by molar-refractivity contribution is -0.143. The molecular formula is C15H23N3O3. The molecule has 0 unspecified atom stereocenters. The van der Waals surface area contributed by atoms with Crippen molar-refractivity contribution in [2.75, 3.05) is 6.54 Å². The highest BCUT2D eigenvalue weighted by atomic mass is 16.4. The fraction of sp³-hybridized carbons (Fsp3) is 0.667. The Balaban J connectivity index is 2.13. The van der Waals surface area contributed by atoms with E-state index in [1.807, 2.05) is 32.4 Å². The third kappa shape index (κ3) is 2.94. The molecule has 0 radical (unpaired) electrons. The molecule has 2 N–H and O–H groups in total. The molecule has 1 aromatic heterocycles. The highest BCUT2D eigenvalue weighted by molar-refractivity contribution is 5.95. The van der Waals surface area contributed by atoms with Gasteiger partial charge in [-0.05, 0) is 40.0 Å². The van der Waals surface area contributed by atoms with Crippen LogP contribution in [-0.2, 0) is 16.8 Å². The number of carboxylic acid groups (broad SMARTS) is 1. The minimum atomic E-state index is -0.830. The molecular weight excluding hydrogens is 270 g/mol. The van der Waals surface area contributed by atoms with Crippen molar-refractivity contribution >= 4 is 11.9 Å². The molecule has 1 aromatic rings. The van der Waals surface area contributed by atoms with E-state index >= 15 is 0 Å². The van der Waals surface area contributed by atoms with E-state index in [2.05, 4.69) is 10.4 Å². The van der Waals surface area contributed by atoms with Crippen LogP contribution in [-0.4, -0.2) is 33.3 Å². The normalized spacial score (nSPS) is 16.6. The smallest absolute Gasteiger partial charge is 0.311 e. The van der Waals surface area contributed by atoms with E-state index in [0.29, 0.717) is 24.8 Å². The van der Waals surface area contributed by atoms with Crippen LogP contribution in [0.15, 0.2) is 6.20 Å². The van der Waals surface area contributed by atoms with Gasteiger partial charge in [0.2, 0.25) is 0 Å². The number of aromatic nitrogens is 2. The van der Waals surface area contributed by atoms with Gasteiger partial charge < -0.3 is 10.4 Å². The van der Waals surface area contributed by atoms with Gasteiger partial charge in [-0.2, -0.15) is 5.10 Å². The van der Waals surface area contributed by atoms with Crippen LogP contribution in [0.4, 0.5) is 0 Å². The van der Waals surface area contributed by atoms with Crippen molar-refractivity contribution in [2.24, 2.45) is 5.41 Å². The summed E-state index contributed by atoms with van der Waals surface area (Å²) in [7, 11) is 0. The minimum absolute atomic E-state index is 0.186. The second kappa shape index (κ2) is 5.16. The first-order chi connectivity index (χ1) is 9.71. The number of nitrogens with zero attached hydrogens (tertiary/aromatic N) is 2. The van der Waals surface area contributed by atoms with Crippen molar-refractivity contribution in [3.05, 3.63) is 17.5 Å². The number of aliphatic carboxylic acids is 1. The molecule has 0 atom stereocenters. The van der Waals surface area contributed by atoms with Crippen molar-refractivity contribution in [3.8, 4) is 0 Å². The fourth-order valence-corrected chi connectivity index (χ4v) is 2.44. The summed E-state index contributed by atoms with van der Waals surface area (Å²) >= 11 is 0. The molecule has 0 spiro atoms. The van der Waals surface area contributed by atoms with Crippen molar-refractivity contribution in [3.63, 3.8) is 0 Å². The SMILES string of the molecule is CCc1c(C(=O)NCC2(C(=O)O)CC2)cnn1C(C)(C)C. The summed E-state index contributed by atoms with van der Waals surface area (Å²) in [5, 5.41) is 16.2. The van der Waals surface area contributed by atoms with E-state index in [9.17, 15) is 9.59 Å². The van der Waals surface area contributed by atoms with Gasteiger partial charge in [0.05, 0.1) is 28.4 Å². The molecule has 0 bridgehead atoms. The van der Waals surface area contributed by atoms with Crippen molar-refractivity contribution in [1.29, 1.82) is 0 Å². The van der Waals surface area contributed by atoms with Crippen LogP contribution in [0.3, 0.4) is 0 Å². The summed E-state index contributed by atoms with van der Waals surface area (Å²) in [5.74, 6) is -1.07. The van der Waals surface area contributed by atoms with Gasteiger partial charge in [-0.25, -0.2) is 0 Å². The Hall–Kier alpha value is -1.85. The lowest BCUT2D eigenvalue weighted by atomic mass is 10.1. The van der Waals surface area contributed by atoms with Crippen LogP contribution in [0.1, 0.15) is 56.6 Å². The Bertz CT molecular complexity index is 565. The number of hydrogen-bond acceptors (Lipinski definition) is 3. The van der Waals surface area contributed by atoms with Gasteiger partial charge in [-0.1, -0.05) is 6.92 Å². The summed E-state index contributed by atoms with van der Waals surface area (Å²) in [5.41, 5.74) is 0.471. The zero-order chi connectivity index (χ0) is 15.8. The molecule has 1 amide bonds. The molecule has 1 aliphatic carbocycles. The van der Waals surface area contributed by atoms with Gasteiger partial charge in [0.1, 0.15) is 0 Å². The lowest BCUT2D eigenvalue weighted by Gasteiger charge is -2.22. The summed E-state index contributed by atoms with van der Waals surface area (Å²) in [6, 6.07) is 0. The number of nitrogens with one attached hydrogen (secondary N) is 1. The van der Waals surface area contributed by atoms with Crippen molar-refractivity contribution in [1.82, 2.24) is 15.1 Å². The number of amides is 1. The molecule has 21 heavy (non-hydrogen) atoms. The second-order valence-electron chi connectivity index (χ2n) is 6.71. The van der Waals surface area contributed by atoms with Crippen LogP contribution in [0.2, 0.25) is 0 Å². The number of rotatable bonds is 5. The molecule has 0 saturated heterocycles. The number of carbonyl (C=O) groups is 2. The Kier molecular flexibility index (Phi) is 3.82. The van der Waals surface area contributed by atoms with Crippen LogP contribution in [0.25, 0.3) is 0 Å². The first-order valence-corrected chi connectivity index (χ1v) is 7.30. The average Bonchev–Trinajstić information content (AvgIpc) is 3.05. The van der Waals surface area contributed by atoms with Gasteiger partial charge in [-0.3, -0.25) is 14.3 Å². The molecule has 2 rings (SSSR count). The van der Waals surface area contributed by atoms with Gasteiger partial charge >= 0.3 is 5.97 Å². The molecule has 1 heterocycles. The van der Waals surface area contributed by atoms with E-state index in [1.54, 1.807) is 6.20 Å². The van der Waals surface area contributed by atoms with Crippen molar-refractivity contribution in [2.45, 2.75) is 52.5 Å². The highest BCUT2D eigenvalue weighted by Crippen LogP contribution is 2.45. The van der Waals surface area contributed by atoms with E-state index in [4.69, 9.17) is 5.11 Å². The maximum absolute atomic E-state index is 12.3. The monoisotopic (exact) mass is 293 g/mol. The van der Waals surface area contributed by atoms with E-state index < -0.39 is 11.4 Å². The molecule has 0 aliphatic heterocycles. The van der Waals surface area contributed by atoms with E-state index in [1.165, 1.54) is 0 Å². The van der Waals surface area contributed by atoms with E-state index in [-0.39, 0.29) is 18.0 Å². The third-order valence-electron chi connectivity index (χ3n) is 3.98. The van der Waals surface area contributed by atoms with Gasteiger partial charge in [0.25, 0.3) is 5.91 Å². The predicted molar refractivity (Wildman–Crippen MR) is 78.2 cm³/mol. The maximum Gasteiger partial charge on any atom is 0.311 e. The number of carboxylic acids is 1. The summed E-state index contributed by atoms with van der Waals surface area (Å²) in [6.45, 7) is 8.26. The summed E-state index contributed by atoms with van der Waals surface area (Å²) < 4.78 is 1.85. The zero-order valence-corrected chi connectivity index (χ0v) is 13.1. The average molecular weight is 293 g/mol. The van der Waals surface area contributed by atoms with Gasteiger partial charge in [-0.15, -0.1) is 0 Å². The second-order valence-corrected chi connectivity index (χ2v) is 6.71. The number of carbonyl (C=O) groups excluding carboxylic acids is 1. The molecule has 1 aliphatic rings. The van der Waals surface area contributed by atoms with Crippen molar-refractivity contribution < 1.29 is 14.7 Å². The Morgan fingerprint density at radius 2 is 2.05 bits per heavy atom. The topological polar surface area (TPSA) is 84.2 Å². The van der Waals surface area contributed by atoms with Crippen LogP contribution >= 0.6 is 0 Å². The first kappa shape index (κ1) is 15.5. The predicted octanol–water partition coefficient (Wildman–Crippen LogP) is 1.80. The van der Waals surface area contributed by atoms with E-state index in [0.717, 1.165) is 5.69 Å². The molecule has 6 heteroatoms. The lowest BCUT2D eigenvalue weighted by Crippen LogP contribution is -2.34. The summed E-state index contributed by atoms with van der Waals surface area (Å²) in [4.78, 5) is 23.4. The quantitative estimate of drug-likeness (QED) is 0.867. The van der Waals surface area contributed by atoms with Gasteiger partial charge in [0.15, 0.2) is 0 Å². The summed E-state index contributed by atoms with van der Waals surface area (Å²) in [6.07, 6.45) is 3.53. The van der Waals surface area contributed by atoms with Crippen LogP contribution in [0.5, 0.6) is 0 Å². The standard InChI is InChI=1S/C15H23N3O3/c1-5-11-10(8-17-18(11)14(2,3)4)12(19)16-9-15(6-7-15)13(20)21/h8H,5-7,9H2,1-4H3,(H,16,19)(H,20,21). The van der Waals surface area contributed by atoms with Crippen LogP contribution < -0.4 is 5.32 Å². The van der Waals surface area contributed by atoms with Crippen LogP contribution in [0, 0.1) is 5.41 Å². The Labute approximate surface area is 124 Å².